The largest absolute Gasteiger partial charge is 0.492 e. The minimum atomic E-state index is -0.670. The van der Waals surface area contributed by atoms with Gasteiger partial charge in [-0.2, -0.15) is 0 Å². The van der Waals surface area contributed by atoms with Gasteiger partial charge in [0, 0.05) is 12.1 Å². The Balaban J connectivity index is 1.34. The molecule has 2 heterocycles. The predicted octanol–water partition coefficient (Wildman–Crippen LogP) is 4.42. The zero-order valence-electron chi connectivity index (χ0n) is 23.3. The SMILES string of the molecule is CCOC(=O)CC(NC(=O)c1ccc2ccc(OCCCNC(=O)OCc3ccccc3)cn2c1=O)c1ccccc1. The Morgan fingerprint density at radius 2 is 1.60 bits per heavy atom. The van der Waals surface area contributed by atoms with Gasteiger partial charge in [0.25, 0.3) is 11.5 Å². The number of carbonyl (C=O) groups excluding carboxylic acids is 3. The zero-order valence-corrected chi connectivity index (χ0v) is 23.3. The fraction of sp³-hybridized carbons (Fsp3) is 0.250. The quantitative estimate of drug-likeness (QED) is 0.180. The molecule has 0 saturated carbocycles. The lowest BCUT2D eigenvalue weighted by Crippen LogP contribution is -2.35. The average Bonchev–Trinajstić information content (AvgIpc) is 3.01. The number of esters is 1. The van der Waals surface area contributed by atoms with Crippen molar-refractivity contribution >= 4 is 23.5 Å². The van der Waals surface area contributed by atoms with E-state index in [4.69, 9.17) is 14.2 Å². The Labute approximate surface area is 243 Å². The Hall–Kier alpha value is -5.12. The van der Waals surface area contributed by atoms with Gasteiger partial charge in [-0.25, -0.2) is 4.79 Å². The van der Waals surface area contributed by atoms with Gasteiger partial charge in [0.05, 0.1) is 31.9 Å². The van der Waals surface area contributed by atoms with Crippen molar-refractivity contribution in [2.75, 3.05) is 19.8 Å². The molecular weight excluding hydrogens is 538 g/mol. The van der Waals surface area contributed by atoms with Crippen molar-refractivity contribution in [3.63, 3.8) is 0 Å². The molecule has 42 heavy (non-hydrogen) atoms. The highest BCUT2D eigenvalue weighted by molar-refractivity contribution is 5.94. The summed E-state index contributed by atoms with van der Waals surface area (Å²) in [5, 5.41) is 5.48. The Morgan fingerprint density at radius 3 is 2.33 bits per heavy atom. The molecule has 4 rings (SSSR count). The van der Waals surface area contributed by atoms with E-state index >= 15 is 0 Å². The maximum Gasteiger partial charge on any atom is 0.407 e. The van der Waals surface area contributed by atoms with E-state index in [1.807, 2.05) is 36.4 Å². The molecule has 0 fully saturated rings. The van der Waals surface area contributed by atoms with E-state index in [-0.39, 0.29) is 31.8 Å². The number of ether oxygens (including phenoxy) is 3. The van der Waals surface area contributed by atoms with Gasteiger partial charge >= 0.3 is 12.1 Å². The monoisotopic (exact) mass is 571 g/mol. The standard InChI is InChI=1S/C32H33N3O7/c1-2-40-29(36)20-28(24-12-7-4-8-13-24)34-30(37)27-17-15-25-14-16-26(21-35(25)31(27)38)41-19-9-18-33-32(39)42-22-23-10-5-3-6-11-23/h3-8,10-17,21,28H,2,9,18-20,22H2,1H3,(H,33,39)(H,34,37). The van der Waals surface area contributed by atoms with Crippen LogP contribution in [0.25, 0.3) is 5.52 Å². The van der Waals surface area contributed by atoms with Gasteiger partial charge in [0.2, 0.25) is 0 Å². The average molecular weight is 572 g/mol. The van der Waals surface area contributed by atoms with Crippen molar-refractivity contribution in [3.8, 4) is 5.75 Å². The van der Waals surface area contributed by atoms with Gasteiger partial charge in [-0.15, -0.1) is 0 Å². The highest BCUT2D eigenvalue weighted by Crippen LogP contribution is 2.18. The first-order valence-corrected chi connectivity index (χ1v) is 13.7. The number of alkyl carbamates (subject to hydrolysis) is 1. The molecule has 1 unspecified atom stereocenters. The molecule has 2 N–H and O–H groups in total. The molecule has 2 aromatic heterocycles. The molecule has 0 bridgehead atoms. The van der Waals surface area contributed by atoms with Crippen LogP contribution in [0.1, 0.15) is 47.3 Å². The smallest absolute Gasteiger partial charge is 0.407 e. The fourth-order valence-electron chi connectivity index (χ4n) is 4.22. The van der Waals surface area contributed by atoms with E-state index in [1.165, 1.54) is 16.7 Å². The third-order valence-corrected chi connectivity index (χ3v) is 6.32. The third kappa shape index (κ3) is 8.44. The van der Waals surface area contributed by atoms with Crippen LogP contribution in [0.3, 0.4) is 0 Å². The van der Waals surface area contributed by atoms with Crippen molar-refractivity contribution in [2.45, 2.75) is 32.4 Å². The molecule has 10 heteroatoms. The van der Waals surface area contributed by atoms with Gasteiger partial charge in [-0.3, -0.25) is 18.8 Å². The number of nitrogens with one attached hydrogen (secondary N) is 2. The molecule has 1 atom stereocenters. The molecule has 0 radical (unpaired) electrons. The number of amides is 2. The second-order valence-electron chi connectivity index (χ2n) is 9.35. The maximum absolute atomic E-state index is 13.3. The van der Waals surface area contributed by atoms with E-state index in [9.17, 15) is 19.2 Å². The lowest BCUT2D eigenvalue weighted by atomic mass is 10.0. The summed E-state index contributed by atoms with van der Waals surface area (Å²) in [4.78, 5) is 50.5. The van der Waals surface area contributed by atoms with Crippen LogP contribution in [0.2, 0.25) is 0 Å². The summed E-state index contributed by atoms with van der Waals surface area (Å²) in [5.41, 5.74) is 1.59. The second kappa shape index (κ2) is 15.0. The summed E-state index contributed by atoms with van der Waals surface area (Å²) in [6.45, 7) is 2.75. The van der Waals surface area contributed by atoms with E-state index < -0.39 is 29.6 Å². The van der Waals surface area contributed by atoms with Crippen molar-refractivity contribution in [3.05, 3.63) is 118 Å². The number of benzene rings is 2. The van der Waals surface area contributed by atoms with Gasteiger partial charge in [-0.05, 0) is 48.7 Å². The van der Waals surface area contributed by atoms with Crippen molar-refractivity contribution in [1.29, 1.82) is 0 Å². The van der Waals surface area contributed by atoms with E-state index in [0.29, 0.717) is 24.2 Å². The first-order valence-electron chi connectivity index (χ1n) is 13.7. The molecule has 2 amide bonds. The lowest BCUT2D eigenvalue weighted by molar-refractivity contribution is -0.143. The van der Waals surface area contributed by atoms with Crippen LogP contribution in [0.5, 0.6) is 5.75 Å². The van der Waals surface area contributed by atoms with Crippen LogP contribution < -0.4 is 20.9 Å². The molecule has 10 nitrogen and oxygen atoms in total. The molecular formula is C32H33N3O7. The van der Waals surface area contributed by atoms with Crippen molar-refractivity contribution in [2.24, 2.45) is 0 Å². The van der Waals surface area contributed by atoms with Crippen LogP contribution in [0.4, 0.5) is 4.79 Å². The highest BCUT2D eigenvalue weighted by Gasteiger charge is 2.22. The number of hydrogen-bond acceptors (Lipinski definition) is 7. The normalized spacial score (nSPS) is 11.4. The molecule has 0 saturated heterocycles. The predicted molar refractivity (Wildman–Crippen MR) is 156 cm³/mol. The summed E-state index contributed by atoms with van der Waals surface area (Å²) in [7, 11) is 0. The van der Waals surface area contributed by atoms with Crippen LogP contribution in [0.15, 0.2) is 95.9 Å². The molecule has 0 aliphatic carbocycles. The van der Waals surface area contributed by atoms with Crippen molar-refractivity contribution in [1.82, 2.24) is 15.0 Å². The van der Waals surface area contributed by atoms with Gasteiger partial charge in [0.15, 0.2) is 0 Å². The molecule has 0 spiro atoms. The number of fused-ring (bicyclic) bond motifs is 1. The van der Waals surface area contributed by atoms with E-state index in [0.717, 1.165) is 11.1 Å². The summed E-state index contributed by atoms with van der Waals surface area (Å²) in [6, 6.07) is 24.3. The van der Waals surface area contributed by atoms with E-state index in [1.54, 1.807) is 49.4 Å². The summed E-state index contributed by atoms with van der Waals surface area (Å²) >= 11 is 0. The number of pyridine rings is 2. The Morgan fingerprint density at radius 1 is 0.881 bits per heavy atom. The van der Waals surface area contributed by atoms with Crippen LogP contribution >= 0.6 is 0 Å². The maximum atomic E-state index is 13.3. The number of aromatic nitrogens is 1. The number of hydrogen-bond donors (Lipinski definition) is 2. The van der Waals surface area contributed by atoms with Crippen LogP contribution in [-0.4, -0.2) is 42.1 Å². The second-order valence-corrected chi connectivity index (χ2v) is 9.35. The van der Waals surface area contributed by atoms with Crippen LogP contribution in [0, 0.1) is 0 Å². The first-order chi connectivity index (χ1) is 20.4. The number of nitrogens with zero attached hydrogens (tertiary/aromatic N) is 1. The zero-order chi connectivity index (χ0) is 29.7. The molecule has 2 aromatic carbocycles. The summed E-state index contributed by atoms with van der Waals surface area (Å²) in [5.74, 6) is -0.634. The van der Waals surface area contributed by atoms with E-state index in [2.05, 4.69) is 10.6 Å². The summed E-state index contributed by atoms with van der Waals surface area (Å²) in [6.07, 6.45) is 1.44. The van der Waals surface area contributed by atoms with Gasteiger partial charge in [-0.1, -0.05) is 60.7 Å². The third-order valence-electron chi connectivity index (χ3n) is 6.32. The highest BCUT2D eigenvalue weighted by atomic mass is 16.5. The fourth-order valence-corrected chi connectivity index (χ4v) is 4.22. The molecule has 0 aliphatic heterocycles. The van der Waals surface area contributed by atoms with Crippen molar-refractivity contribution < 1.29 is 28.6 Å². The molecule has 218 valence electrons. The van der Waals surface area contributed by atoms with Crippen LogP contribution in [-0.2, 0) is 20.9 Å². The van der Waals surface area contributed by atoms with Gasteiger partial charge < -0.3 is 24.8 Å². The minimum Gasteiger partial charge on any atom is -0.492 e. The number of rotatable bonds is 13. The summed E-state index contributed by atoms with van der Waals surface area (Å²) < 4.78 is 17.4. The Bertz CT molecular complexity index is 1560. The lowest BCUT2D eigenvalue weighted by Gasteiger charge is -2.18. The Kier molecular flexibility index (Phi) is 10.7. The first kappa shape index (κ1) is 29.9. The minimum absolute atomic E-state index is 0.0733. The van der Waals surface area contributed by atoms with Gasteiger partial charge in [0.1, 0.15) is 17.9 Å². The topological polar surface area (TPSA) is 124 Å². The number of carbonyl (C=O) groups is 3. The molecule has 4 aromatic rings. The molecule has 0 aliphatic rings.